The average Bonchev–Trinajstić information content (AvgIpc) is 2.92. The highest BCUT2D eigenvalue weighted by Crippen LogP contribution is 2.38. The van der Waals surface area contributed by atoms with E-state index in [-0.39, 0.29) is 29.3 Å². The number of carbonyl (C=O) groups is 1. The van der Waals surface area contributed by atoms with Crippen LogP contribution in [-0.4, -0.2) is 5.97 Å². The lowest BCUT2D eigenvalue weighted by Crippen LogP contribution is -2.25. The SMILES string of the molecule is CC=CCCc1ccc(OC(=O)C2CCC(c3cc(F)c(C[C@H](C)c4ccccc4)c(F)c3)CC2)cc1. The first-order valence-electron chi connectivity index (χ1n) is 13.4. The molecule has 1 atom stereocenters. The van der Waals surface area contributed by atoms with Gasteiger partial charge in [0.25, 0.3) is 0 Å². The largest absolute Gasteiger partial charge is 0.426 e. The second-order valence-corrected chi connectivity index (χ2v) is 10.2. The minimum atomic E-state index is -0.478. The molecule has 0 saturated heterocycles. The molecule has 0 amide bonds. The Bertz CT molecular complexity index is 1170. The van der Waals surface area contributed by atoms with Gasteiger partial charge in [0, 0.05) is 5.56 Å². The molecule has 37 heavy (non-hydrogen) atoms. The standard InChI is InChI=1S/C33H36F2O2/c1-3-4-6-9-24-12-18-29(19-13-24)37-33(36)27-16-14-26(15-17-27)28-21-31(34)30(32(35)22-28)20-23(2)25-10-7-5-8-11-25/h3-5,7-8,10-13,18-19,21-23,26-27H,6,9,14-17,20H2,1-2H3/t23-,26?,27?/m0/s1. The van der Waals surface area contributed by atoms with Gasteiger partial charge in [0.15, 0.2) is 0 Å². The Morgan fingerprint density at radius 2 is 1.62 bits per heavy atom. The van der Waals surface area contributed by atoms with Gasteiger partial charge in [-0.15, -0.1) is 0 Å². The van der Waals surface area contributed by atoms with Crippen molar-refractivity contribution in [1.82, 2.24) is 0 Å². The fraction of sp³-hybridized carbons (Fsp3) is 0.364. The van der Waals surface area contributed by atoms with E-state index in [1.165, 1.54) is 17.7 Å². The number of halogens is 2. The average molecular weight is 503 g/mol. The minimum absolute atomic E-state index is 0.0203. The maximum Gasteiger partial charge on any atom is 0.314 e. The fourth-order valence-electron chi connectivity index (χ4n) is 5.26. The van der Waals surface area contributed by atoms with Crippen molar-refractivity contribution < 1.29 is 18.3 Å². The summed E-state index contributed by atoms with van der Waals surface area (Å²) in [6.45, 7) is 4.00. The zero-order valence-electron chi connectivity index (χ0n) is 21.8. The summed E-state index contributed by atoms with van der Waals surface area (Å²) >= 11 is 0. The number of carbonyl (C=O) groups excluding carboxylic acids is 1. The molecule has 194 valence electrons. The van der Waals surface area contributed by atoms with Crippen LogP contribution in [0.4, 0.5) is 8.78 Å². The number of allylic oxidation sites excluding steroid dienone is 2. The Kier molecular flexibility index (Phi) is 9.27. The van der Waals surface area contributed by atoms with E-state index in [9.17, 15) is 13.6 Å². The molecule has 3 aromatic rings. The van der Waals surface area contributed by atoms with Crippen LogP contribution >= 0.6 is 0 Å². The first-order chi connectivity index (χ1) is 17.9. The van der Waals surface area contributed by atoms with Gasteiger partial charge >= 0.3 is 5.97 Å². The lowest BCUT2D eigenvalue weighted by Gasteiger charge is -2.28. The summed E-state index contributed by atoms with van der Waals surface area (Å²) in [5.41, 5.74) is 3.10. The van der Waals surface area contributed by atoms with Gasteiger partial charge in [-0.25, -0.2) is 8.78 Å². The van der Waals surface area contributed by atoms with E-state index < -0.39 is 11.6 Å². The number of hydrogen-bond acceptors (Lipinski definition) is 2. The summed E-state index contributed by atoms with van der Waals surface area (Å²) in [6, 6.07) is 20.5. The third-order valence-corrected chi connectivity index (χ3v) is 7.55. The van der Waals surface area contributed by atoms with E-state index in [0.717, 1.165) is 18.4 Å². The normalized spacial score (nSPS) is 18.6. The quantitative estimate of drug-likeness (QED) is 0.166. The van der Waals surface area contributed by atoms with Crippen LogP contribution in [0.25, 0.3) is 0 Å². The van der Waals surface area contributed by atoms with E-state index >= 15 is 0 Å². The van der Waals surface area contributed by atoms with E-state index in [4.69, 9.17) is 4.74 Å². The van der Waals surface area contributed by atoms with Crippen LogP contribution in [0.5, 0.6) is 5.75 Å². The van der Waals surface area contributed by atoms with E-state index in [2.05, 4.69) is 6.08 Å². The molecule has 0 bridgehead atoms. The van der Waals surface area contributed by atoms with Gasteiger partial charge in [0.2, 0.25) is 0 Å². The maximum absolute atomic E-state index is 15.0. The van der Waals surface area contributed by atoms with Gasteiger partial charge in [-0.1, -0.05) is 61.5 Å². The summed E-state index contributed by atoms with van der Waals surface area (Å²) in [5, 5.41) is 0. The van der Waals surface area contributed by atoms with Crippen LogP contribution in [0.15, 0.2) is 78.9 Å². The molecule has 1 aliphatic rings. The third kappa shape index (κ3) is 7.15. The smallest absolute Gasteiger partial charge is 0.314 e. The van der Waals surface area contributed by atoms with Crippen molar-refractivity contribution >= 4 is 5.97 Å². The second kappa shape index (κ2) is 12.8. The molecule has 4 rings (SSSR count). The predicted octanol–water partition coefficient (Wildman–Crippen LogP) is 8.70. The Balaban J connectivity index is 1.31. The van der Waals surface area contributed by atoms with Gasteiger partial charge in [-0.3, -0.25) is 4.79 Å². The van der Waals surface area contributed by atoms with Gasteiger partial charge in [-0.2, -0.15) is 0 Å². The number of esters is 1. The Labute approximate surface area is 219 Å². The van der Waals surface area contributed by atoms with E-state index in [1.807, 2.05) is 74.5 Å². The van der Waals surface area contributed by atoms with E-state index in [0.29, 0.717) is 43.4 Å². The van der Waals surface area contributed by atoms with Gasteiger partial charge in [-0.05, 0) is 105 Å². The molecule has 0 spiro atoms. The number of hydrogen-bond donors (Lipinski definition) is 0. The van der Waals surface area contributed by atoms with Gasteiger partial charge in [0.1, 0.15) is 17.4 Å². The molecule has 0 N–H and O–H groups in total. The molecule has 0 heterocycles. The monoisotopic (exact) mass is 502 g/mol. The Morgan fingerprint density at radius 1 is 0.973 bits per heavy atom. The summed E-state index contributed by atoms with van der Waals surface area (Å²) < 4.78 is 35.6. The molecular formula is C33H36F2O2. The fourth-order valence-corrected chi connectivity index (χ4v) is 5.26. The topological polar surface area (TPSA) is 26.3 Å². The molecule has 0 radical (unpaired) electrons. The van der Waals surface area contributed by atoms with Crippen molar-refractivity contribution in [2.45, 2.75) is 70.6 Å². The molecule has 1 fully saturated rings. The van der Waals surface area contributed by atoms with Crippen molar-refractivity contribution in [1.29, 1.82) is 0 Å². The first-order valence-corrected chi connectivity index (χ1v) is 13.4. The number of ether oxygens (including phenoxy) is 1. The minimum Gasteiger partial charge on any atom is -0.426 e. The predicted molar refractivity (Wildman–Crippen MR) is 145 cm³/mol. The molecule has 2 nitrogen and oxygen atoms in total. The number of aryl methyl sites for hydroxylation is 1. The van der Waals surface area contributed by atoms with Crippen LogP contribution in [0.2, 0.25) is 0 Å². The lowest BCUT2D eigenvalue weighted by molar-refractivity contribution is -0.140. The van der Waals surface area contributed by atoms with Crippen molar-refractivity contribution in [3.05, 3.63) is 113 Å². The molecule has 0 aromatic heterocycles. The van der Waals surface area contributed by atoms with Crippen molar-refractivity contribution in [2.24, 2.45) is 5.92 Å². The van der Waals surface area contributed by atoms with Crippen LogP contribution in [0.3, 0.4) is 0 Å². The summed E-state index contributed by atoms with van der Waals surface area (Å²) in [6.07, 6.45) is 9.16. The molecule has 4 heteroatoms. The summed E-state index contributed by atoms with van der Waals surface area (Å²) in [5.74, 6) is -0.737. The maximum atomic E-state index is 15.0. The first kappa shape index (κ1) is 26.8. The highest BCUT2D eigenvalue weighted by atomic mass is 19.1. The Morgan fingerprint density at radius 3 is 2.24 bits per heavy atom. The highest BCUT2D eigenvalue weighted by molar-refractivity contribution is 5.75. The van der Waals surface area contributed by atoms with Crippen molar-refractivity contribution in [3.63, 3.8) is 0 Å². The van der Waals surface area contributed by atoms with Gasteiger partial charge in [0.05, 0.1) is 5.92 Å². The summed E-state index contributed by atoms with van der Waals surface area (Å²) in [4.78, 5) is 12.7. The summed E-state index contributed by atoms with van der Waals surface area (Å²) in [7, 11) is 0. The molecular weight excluding hydrogens is 466 g/mol. The molecule has 3 aromatic carbocycles. The molecule has 1 aliphatic carbocycles. The van der Waals surface area contributed by atoms with Crippen LogP contribution in [-0.2, 0) is 17.6 Å². The third-order valence-electron chi connectivity index (χ3n) is 7.55. The zero-order valence-corrected chi connectivity index (χ0v) is 21.8. The van der Waals surface area contributed by atoms with Crippen LogP contribution in [0, 0.1) is 17.6 Å². The Hall–Kier alpha value is -3.27. The molecule has 1 saturated carbocycles. The molecule has 0 unspecified atom stereocenters. The molecule has 0 aliphatic heterocycles. The van der Waals surface area contributed by atoms with Gasteiger partial charge < -0.3 is 4.74 Å². The highest BCUT2D eigenvalue weighted by Gasteiger charge is 2.29. The zero-order chi connectivity index (χ0) is 26.2. The van der Waals surface area contributed by atoms with Crippen LogP contribution < -0.4 is 4.74 Å². The van der Waals surface area contributed by atoms with Crippen molar-refractivity contribution in [3.8, 4) is 5.75 Å². The van der Waals surface area contributed by atoms with Crippen molar-refractivity contribution in [2.75, 3.05) is 0 Å². The second-order valence-electron chi connectivity index (χ2n) is 10.2. The number of rotatable bonds is 9. The van der Waals surface area contributed by atoms with Crippen LogP contribution in [0.1, 0.15) is 80.0 Å². The lowest BCUT2D eigenvalue weighted by atomic mass is 9.78. The number of benzene rings is 3. The van der Waals surface area contributed by atoms with E-state index in [1.54, 1.807) is 0 Å².